The van der Waals surface area contributed by atoms with Crippen molar-refractivity contribution in [1.82, 2.24) is 19.8 Å². The number of amides is 3. The molecular formula is C21H22FN5O2S. The number of nitrogens with one attached hydrogen (secondary N) is 1. The zero-order valence-corrected chi connectivity index (χ0v) is 17.6. The molecule has 0 unspecified atom stereocenters. The van der Waals surface area contributed by atoms with E-state index >= 15 is 0 Å². The Kier molecular flexibility index (Phi) is 5.54. The van der Waals surface area contributed by atoms with Gasteiger partial charge in [-0.05, 0) is 36.2 Å². The summed E-state index contributed by atoms with van der Waals surface area (Å²) in [7, 11) is 1.87. The highest BCUT2D eigenvalue weighted by Crippen LogP contribution is 2.32. The largest absolute Gasteiger partial charge is 0.346 e. The Morgan fingerprint density at radius 2 is 2.03 bits per heavy atom. The third kappa shape index (κ3) is 4.06. The number of hydrogen-bond acceptors (Lipinski definition) is 4. The number of thiophene rings is 1. The number of hydrogen-bond donors (Lipinski definition) is 1. The first kappa shape index (κ1) is 20.1. The Balaban J connectivity index is 1.42. The Morgan fingerprint density at radius 1 is 1.27 bits per heavy atom. The average Bonchev–Trinajstić information content (AvgIpc) is 3.41. The number of benzene rings is 1. The van der Waals surface area contributed by atoms with Crippen molar-refractivity contribution in [3.8, 4) is 0 Å². The predicted octanol–water partition coefficient (Wildman–Crippen LogP) is 3.30. The molecule has 1 fully saturated rings. The number of aryl methyl sites for hydroxylation is 2. The fourth-order valence-electron chi connectivity index (χ4n) is 3.37. The van der Waals surface area contributed by atoms with Crippen molar-refractivity contribution in [2.45, 2.75) is 20.0 Å². The van der Waals surface area contributed by atoms with Crippen molar-refractivity contribution in [3.63, 3.8) is 0 Å². The molecule has 2 aromatic heterocycles. The molecule has 0 bridgehead atoms. The molecule has 156 valence electrons. The molecule has 1 aromatic carbocycles. The Bertz CT molecular complexity index is 1080. The molecule has 3 amide bonds. The van der Waals surface area contributed by atoms with Crippen LogP contribution in [0.5, 0.6) is 0 Å². The van der Waals surface area contributed by atoms with Crippen LogP contribution in [-0.2, 0) is 20.1 Å². The van der Waals surface area contributed by atoms with Gasteiger partial charge in [-0.25, -0.2) is 14.2 Å². The van der Waals surface area contributed by atoms with Crippen LogP contribution in [0.15, 0.2) is 42.9 Å². The van der Waals surface area contributed by atoms with Gasteiger partial charge in [0.15, 0.2) is 0 Å². The van der Waals surface area contributed by atoms with Gasteiger partial charge < -0.3 is 14.8 Å². The minimum Gasteiger partial charge on any atom is -0.346 e. The number of carbonyl (C=O) groups is 2. The quantitative estimate of drug-likeness (QED) is 0.656. The highest BCUT2D eigenvalue weighted by atomic mass is 32.1. The van der Waals surface area contributed by atoms with E-state index in [0.29, 0.717) is 31.1 Å². The second kappa shape index (κ2) is 8.27. The molecule has 4 rings (SSSR count). The number of imidazole rings is 1. The molecule has 0 spiro atoms. The number of halogens is 1. The van der Waals surface area contributed by atoms with Crippen LogP contribution in [0, 0.1) is 12.7 Å². The molecule has 0 aliphatic carbocycles. The van der Waals surface area contributed by atoms with Gasteiger partial charge in [-0.1, -0.05) is 12.1 Å². The minimum atomic E-state index is -0.295. The van der Waals surface area contributed by atoms with Crippen molar-refractivity contribution in [2.24, 2.45) is 7.05 Å². The molecule has 30 heavy (non-hydrogen) atoms. The molecule has 1 N–H and O–H groups in total. The summed E-state index contributed by atoms with van der Waals surface area (Å²) in [4.78, 5) is 33.6. The van der Waals surface area contributed by atoms with E-state index in [0.717, 1.165) is 21.8 Å². The van der Waals surface area contributed by atoms with E-state index in [9.17, 15) is 14.0 Å². The van der Waals surface area contributed by atoms with Crippen LogP contribution in [0.2, 0.25) is 0 Å². The summed E-state index contributed by atoms with van der Waals surface area (Å²) in [6.45, 7) is 3.81. The monoisotopic (exact) mass is 427 g/mol. The van der Waals surface area contributed by atoms with Gasteiger partial charge in [0.1, 0.15) is 10.8 Å². The smallest absolute Gasteiger partial charge is 0.325 e. The summed E-state index contributed by atoms with van der Waals surface area (Å²) in [5.74, 6) is -0.462. The lowest BCUT2D eigenvalue weighted by Crippen LogP contribution is -2.31. The third-order valence-corrected chi connectivity index (χ3v) is 6.36. The summed E-state index contributed by atoms with van der Waals surface area (Å²) in [5.41, 5.74) is 2.62. The van der Waals surface area contributed by atoms with Gasteiger partial charge in [-0.3, -0.25) is 9.69 Å². The van der Waals surface area contributed by atoms with Crippen LogP contribution in [0.4, 0.5) is 14.2 Å². The molecule has 0 saturated carbocycles. The summed E-state index contributed by atoms with van der Waals surface area (Å²) in [6.07, 6.45) is 3.40. The molecule has 7 nitrogen and oxygen atoms in total. The number of anilines is 1. The number of rotatable bonds is 6. The van der Waals surface area contributed by atoms with E-state index in [1.54, 1.807) is 34.5 Å². The average molecular weight is 428 g/mol. The SMILES string of the molecule is Cc1cc(N2CCN(Cc3ccc(F)cc3)C2=O)sc1C(=O)NCc1cncn1C. The molecule has 1 aliphatic rings. The number of carbonyl (C=O) groups excluding carboxylic acids is 2. The Hall–Kier alpha value is -3.20. The van der Waals surface area contributed by atoms with E-state index < -0.39 is 0 Å². The molecule has 9 heteroatoms. The molecule has 0 atom stereocenters. The molecule has 3 heterocycles. The summed E-state index contributed by atoms with van der Waals surface area (Å²) < 4.78 is 14.9. The summed E-state index contributed by atoms with van der Waals surface area (Å²) >= 11 is 1.31. The van der Waals surface area contributed by atoms with Gasteiger partial charge >= 0.3 is 6.03 Å². The molecule has 1 aliphatic heterocycles. The minimum absolute atomic E-state index is 0.109. The topological polar surface area (TPSA) is 70.5 Å². The number of urea groups is 1. The van der Waals surface area contributed by atoms with Crippen LogP contribution in [-0.4, -0.2) is 39.5 Å². The van der Waals surface area contributed by atoms with Crippen molar-refractivity contribution in [1.29, 1.82) is 0 Å². The first-order valence-electron chi connectivity index (χ1n) is 9.57. The molecule has 1 saturated heterocycles. The maximum atomic E-state index is 13.1. The van der Waals surface area contributed by atoms with Gasteiger partial charge in [-0.2, -0.15) is 0 Å². The lowest BCUT2D eigenvalue weighted by Gasteiger charge is -2.17. The zero-order chi connectivity index (χ0) is 21.3. The van der Waals surface area contributed by atoms with E-state index in [2.05, 4.69) is 10.3 Å². The second-order valence-corrected chi connectivity index (χ2v) is 8.29. The van der Waals surface area contributed by atoms with E-state index in [4.69, 9.17) is 0 Å². The molecule has 3 aromatic rings. The van der Waals surface area contributed by atoms with Crippen molar-refractivity contribution < 1.29 is 14.0 Å². The fourth-order valence-corrected chi connectivity index (χ4v) is 4.48. The van der Waals surface area contributed by atoms with E-state index in [-0.39, 0.29) is 17.8 Å². The van der Waals surface area contributed by atoms with Crippen molar-refractivity contribution in [3.05, 3.63) is 70.4 Å². The Labute approximate surface area is 177 Å². The van der Waals surface area contributed by atoms with Crippen LogP contribution in [0.25, 0.3) is 0 Å². The zero-order valence-electron chi connectivity index (χ0n) is 16.8. The van der Waals surface area contributed by atoms with Crippen LogP contribution >= 0.6 is 11.3 Å². The maximum absolute atomic E-state index is 13.1. The van der Waals surface area contributed by atoms with E-state index in [1.807, 2.05) is 24.6 Å². The fraction of sp³-hybridized carbons (Fsp3) is 0.286. The number of nitrogens with zero attached hydrogens (tertiary/aromatic N) is 4. The molecule has 0 radical (unpaired) electrons. The van der Waals surface area contributed by atoms with Crippen LogP contribution < -0.4 is 10.2 Å². The van der Waals surface area contributed by atoms with Crippen LogP contribution in [0.1, 0.15) is 26.5 Å². The first-order chi connectivity index (χ1) is 14.4. The normalized spacial score (nSPS) is 13.9. The highest BCUT2D eigenvalue weighted by Gasteiger charge is 2.31. The lowest BCUT2D eigenvalue weighted by atomic mass is 10.2. The van der Waals surface area contributed by atoms with E-state index in [1.165, 1.54) is 23.5 Å². The standard InChI is InChI=1S/C21H22FN5O2S/c1-14-9-18(30-19(14)20(28)24-11-17-10-23-13-25(17)2)27-8-7-26(21(27)29)12-15-3-5-16(22)6-4-15/h3-6,9-10,13H,7-8,11-12H2,1-2H3,(H,24,28). The van der Waals surface area contributed by atoms with Gasteiger partial charge in [0, 0.05) is 32.9 Å². The first-order valence-corrected chi connectivity index (χ1v) is 10.4. The number of aromatic nitrogens is 2. The van der Waals surface area contributed by atoms with Gasteiger partial charge in [-0.15, -0.1) is 11.3 Å². The van der Waals surface area contributed by atoms with Crippen molar-refractivity contribution >= 4 is 28.3 Å². The summed E-state index contributed by atoms with van der Waals surface area (Å²) in [6, 6.07) is 7.93. The van der Waals surface area contributed by atoms with Gasteiger partial charge in [0.05, 0.1) is 23.4 Å². The maximum Gasteiger partial charge on any atom is 0.325 e. The Morgan fingerprint density at radius 3 is 2.73 bits per heavy atom. The van der Waals surface area contributed by atoms with Gasteiger partial charge in [0.2, 0.25) is 0 Å². The highest BCUT2D eigenvalue weighted by molar-refractivity contribution is 7.18. The third-order valence-electron chi connectivity index (χ3n) is 5.11. The molecular weight excluding hydrogens is 405 g/mol. The lowest BCUT2D eigenvalue weighted by molar-refractivity contribution is 0.0953. The van der Waals surface area contributed by atoms with Crippen LogP contribution in [0.3, 0.4) is 0 Å². The summed E-state index contributed by atoms with van der Waals surface area (Å²) in [5, 5.41) is 3.66. The predicted molar refractivity (Wildman–Crippen MR) is 113 cm³/mol. The van der Waals surface area contributed by atoms with Gasteiger partial charge in [0.25, 0.3) is 5.91 Å². The second-order valence-electron chi connectivity index (χ2n) is 7.26. The van der Waals surface area contributed by atoms with Crippen molar-refractivity contribution in [2.75, 3.05) is 18.0 Å².